The Morgan fingerprint density at radius 1 is 1.11 bits per heavy atom. The zero-order valence-electron chi connectivity index (χ0n) is 10.4. The fraction of sp³-hybridized carbons (Fsp3) is 0.200. The number of rotatable bonds is 3. The summed E-state index contributed by atoms with van der Waals surface area (Å²) in [4.78, 5) is 0. The van der Waals surface area contributed by atoms with Crippen molar-refractivity contribution in [2.24, 2.45) is 0 Å². The highest BCUT2D eigenvalue weighted by Gasteiger charge is 2.13. The molecule has 2 aromatic rings. The van der Waals surface area contributed by atoms with Crippen LogP contribution >= 0.6 is 22.6 Å². The van der Waals surface area contributed by atoms with Crippen LogP contribution in [0.5, 0.6) is 5.75 Å². The molecule has 3 heteroatoms. The summed E-state index contributed by atoms with van der Waals surface area (Å²) < 4.78 is 6.33. The van der Waals surface area contributed by atoms with Crippen LogP contribution in [0.25, 0.3) is 0 Å². The molecule has 0 spiro atoms. The minimum Gasteiger partial charge on any atom is -0.497 e. The zero-order valence-corrected chi connectivity index (χ0v) is 12.5. The van der Waals surface area contributed by atoms with E-state index in [9.17, 15) is 5.11 Å². The van der Waals surface area contributed by atoms with Crippen LogP contribution in [0, 0.1) is 10.5 Å². The monoisotopic (exact) mass is 354 g/mol. The molecule has 0 heterocycles. The lowest BCUT2D eigenvalue weighted by molar-refractivity contribution is 0.219. The van der Waals surface area contributed by atoms with Gasteiger partial charge >= 0.3 is 0 Å². The van der Waals surface area contributed by atoms with Gasteiger partial charge in [-0.25, -0.2) is 0 Å². The fourth-order valence-electron chi connectivity index (χ4n) is 1.91. The first-order valence-corrected chi connectivity index (χ1v) is 6.78. The van der Waals surface area contributed by atoms with Gasteiger partial charge < -0.3 is 9.84 Å². The van der Waals surface area contributed by atoms with Gasteiger partial charge in [0.1, 0.15) is 11.9 Å². The van der Waals surface area contributed by atoms with Crippen molar-refractivity contribution in [3.63, 3.8) is 0 Å². The van der Waals surface area contributed by atoms with Crippen molar-refractivity contribution < 1.29 is 9.84 Å². The lowest BCUT2D eigenvalue weighted by Crippen LogP contribution is -2.02. The molecule has 0 bridgehead atoms. The summed E-state index contributed by atoms with van der Waals surface area (Å²) in [5.41, 5.74) is 2.85. The molecule has 18 heavy (non-hydrogen) atoms. The quantitative estimate of drug-likeness (QED) is 0.852. The molecule has 0 radical (unpaired) electrons. The fourth-order valence-corrected chi connectivity index (χ4v) is 2.27. The highest BCUT2D eigenvalue weighted by Crippen LogP contribution is 2.27. The van der Waals surface area contributed by atoms with Gasteiger partial charge in [-0.15, -0.1) is 0 Å². The smallest absolute Gasteiger partial charge is 0.119 e. The van der Waals surface area contributed by atoms with E-state index in [1.807, 2.05) is 49.4 Å². The van der Waals surface area contributed by atoms with Crippen molar-refractivity contribution in [2.45, 2.75) is 13.0 Å². The third-order valence-corrected chi connectivity index (χ3v) is 3.68. The number of hydrogen-bond acceptors (Lipinski definition) is 2. The Morgan fingerprint density at radius 3 is 2.33 bits per heavy atom. The van der Waals surface area contributed by atoms with Gasteiger partial charge in [0.05, 0.1) is 7.11 Å². The first-order chi connectivity index (χ1) is 8.61. The molecule has 0 aromatic heterocycles. The summed E-state index contributed by atoms with van der Waals surface area (Å²) in [5, 5.41) is 10.4. The summed E-state index contributed by atoms with van der Waals surface area (Å²) in [6.45, 7) is 1.98. The molecule has 0 saturated carbocycles. The normalized spacial score (nSPS) is 12.2. The number of halogens is 1. The van der Waals surface area contributed by atoms with Crippen molar-refractivity contribution in [3.05, 3.63) is 62.7 Å². The average Bonchev–Trinajstić information content (AvgIpc) is 2.38. The molecule has 0 aliphatic carbocycles. The van der Waals surface area contributed by atoms with E-state index in [-0.39, 0.29) is 0 Å². The summed E-state index contributed by atoms with van der Waals surface area (Å²) in [6.07, 6.45) is -0.590. The molecule has 94 valence electrons. The topological polar surface area (TPSA) is 29.5 Å². The van der Waals surface area contributed by atoms with Gasteiger partial charge in [0.15, 0.2) is 0 Å². The maximum Gasteiger partial charge on any atom is 0.119 e. The lowest BCUT2D eigenvalue weighted by atomic mass is 9.97. The molecule has 1 N–H and O–H groups in total. The second-order valence-corrected chi connectivity index (χ2v) is 5.42. The molecular formula is C15H15IO2. The van der Waals surface area contributed by atoms with Crippen LogP contribution in [0.3, 0.4) is 0 Å². The van der Waals surface area contributed by atoms with Crippen LogP contribution < -0.4 is 4.74 Å². The number of hydrogen-bond donors (Lipinski definition) is 1. The van der Waals surface area contributed by atoms with Gasteiger partial charge in [0.2, 0.25) is 0 Å². The van der Waals surface area contributed by atoms with Gasteiger partial charge in [-0.05, 0) is 70.5 Å². The summed E-state index contributed by atoms with van der Waals surface area (Å²) in [5.74, 6) is 0.811. The average molecular weight is 354 g/mol. The molecule has 0 amide bonds. The number of aryl methyl sites for hydroxylation is 1. The molecule has 2 rings (SSSR count). The second-order valence-electron chi connectivity index (χ2n) is 4.18. The van der Waals surface area contributed by atoms with Crippen molar-refractivity contribution in [3.8, 4) is 5.75 Å². The van der Waals surface area contributed by atoms with Crippen LogP contribution in [0.15, 0.2) is 42.5 Å². The maximum absolute atomic E-state index is 10.4. The van der Waals surface area contributed by atoms with Crippen LogP contribution in [0.4, 0.5) is 0 Å². The van der Waals surface area contributed by atoms with E-state index in [0.717, 1.165) is 26.0 Å². The number of aliphatic hydroxyl groups is 1. The predicted molar refractivity (Wildman–Crippen MR) is 81.0 cm³/mol. The SMILES string of the molecule is COc1ccc(C(O)c2ccc(I)cc2)c(C)c1. The van der Waals surface area contributed by atoms with Crippen LogP contribution in [0.2, 0.25) is 0 Å². The van der Waals surface area contributed by atoms with Crippen molar-refractivity contribution in [1.29, 1.82) is 0 Å². The number of methoxy groups -OCH3 is 1. The van der Waals surface area contributed by atoms with E-state index in [1.165, 1.54) is 0 Å². The molecule has 1 unspecified atom stereocenters. The summed E-state index contributed by atoms with van der Waals surface area (Å²) in [7, 11) is 1.64. The Morgan fingerprint density at radius 2 is 1.78 bits per heavy atom. The molecule has 0 aliphatic heterocycles. The summed E-state index contributed by atoms with van der Waals surface area (Å²) in [6, 6.07) is 13.6. The van der Waals surface area contributed by atoms with Gasteiger partial charge in [0, 0.05) is 3.57 Å². The van der Waals surface area contributed by atoms with Crippen LogP contribution in [0.1, 0.15) is 22.8 Å². The van der Waals surface area contributed by atoms with E-state index in [0.29, 0.717) is 0 Å². The maximum atomic E-state index is 10.4. The van der Waals surface area contributed by atoms with Gasteiger partial charge in [-0.3, -0.25) is 0 Å². The van der Waals surface area contributed by atoms with Crippen LogP contribution in [-0.4, -0.2) is 12.2 Å². The van der Waals surface area contributed by atoms with Gasteiger partial charge in [-0.2, -0.15) is 0 Å². The standard InChI is InChI=1S/C15H15IO2/c1-10-9-13(18-2)7-8-14(10)15(17)11-3-5-12(16)6-4-11/h3-9,15,17H,1-2H3. The number of ether oxygens (including phenoxy) is 1. The van der Waals surface area contributed by atoms with Crippen molar-refractivity contribution in [1.82, 2.24) is 0 Å². The van der Waals surface area contributed by atoms with E-state index in [2.05, 4.69) is 22.6 Å². The molecule has 0 saturated heterocycles. The first-order valence-electron chi connectivity index (χ1n) is 5.70. The molecular weight excluding hydrogens is 339 g/mol. The van der Waals surface area contributed by atoms with Crippen LogP contribution in [-0.2, 0) is 0 Å². The van der Waals surface area contributed by atoms with Crippen molar-refractivity contribution >= 4 is 22.6 Å². The van der Waals surface area contributed by atoms with Crippen molar-refractivity contribution in [2.75, 3.05) is 7.11 Å². The van der Waals surface area contributed by atoms with E-state index >= 15 is 0 Å². The Kier molecular flexibility index (Phi) is 4.24. The number of aliphatic hydroxyl groups excluding tert-OH is 1. The zero-order chi connectivity index (χ0) is 13.1. The largest absolute Gasteiger partial charge is 0.497 e. The number of benzene rings is 2. The molecule has 0 aliphatic rings. The Balaban J connectivity index is 2.33. The second kappa shape index (κ2) is 5.71. The van der Waals surface area contributed by atoms with E-state index in [4.69, 9.17) is 4.74 Å². The lowest BCUT2D eigenvalue weighted by Gasteiger charge is -2.15. The summed E-state index contributed by atoms with van der Waals surface area (Å²) >= 11 is 2.25. The minimum absolute atomic E-state index is 0.590. The Hall–Kier alpha value is -1.07. The highest BCUT2D eigenvalue weighted by molar-refractivity contribution is 14.1. The molecule has 2 nitrogen and oxygen atoms in total. The van der Waals surface area contributed by atoms with E-state index in [1.54, 1.807) is 7.11 Å². The van der Waals surface area contributed by atoms with E-state index < -0.39 is 6.10 Å². The third-order valence-electron chi connectivity index (χ3n) is 2.96. The third kappa shape index (κ3) is 2.84. The highest BCUT2D eigenvalue weighted by atomic mass is 127. The predicted octanol–water partition coefficient (Wildman–Crippen LogP) is 3.69. The minimum atomic E-state index is -0.590. The molecule has 0 fully saturated rings. The Bertz CT molecular complexity index is 535. The molecule has 2 aromatic carbocycles. The van der Waals surface area contributed by atoms with Gasteiger partial charge in [-0.1, -0.05) is 18.2 Å². The Labute approximate surface area is 121 Å². The van der Waals surface area contributed by atoms with Gasteiger partial charge in [0.25, 0.3) is 0 Å². The molecule has 1 atom stereocenters. The first kappa shape index (κ1) is 13.4.